The number of hydrogen-bond donors (Lipinski definition) is 3. The second-order valence-corrected chi connectivity index (χ2v) is 9.66. The van der Waals surface area contributed by atoms with E-state index >= 15 is 0 Å². The molecule has 3 aromatic rings. The van der Waals surface area contributed by atoms with Gasteiger partial charge in [0.25, 0.3) is 5.91 Å². The molecule has 0 radical (unpaired) electrons. The number of methoxy groups -OCH3 is 1. The van der Waals surface area contributed by atoms with Crippen LogP contribution in [-0.4, -0.2) is 83.5 Å². The highest BCUT2D eigenvalue weighted by Crippen LogP contribution is 2.21. The number of aliphatic hydroxyl groups excluding tert-OH is 1. The molecule has 2 atom stereocenters. The molecule has 1 amide bonds. The number of esters is 1. The van der Waals surface area contributed by atoms with E-state index in [1.54, 1.807) is 24.3 Å². The number of hydrogen-bond acceptors (Lipinski definition) is 8. The van der Waals surface area contributed by atoms with Crippen molar-refractivity contribution in [1.82, 2.24) is 15.1 Å². The van der Waals surface area contributed by atoms with E-state index < -0.39 is 65.1 Å². The number of aromatic carboxylic acids is 1. The Labute approximate surface area is 248 Å². The van der Waals surface area contributed by atoms with Gasteiger partial charge in [-0.3, -0.25) is 9.48 Å². The summed E-state index contributed by atoms with van der Waals surface area (Å²) in [5.41, 5.74) is -1.06. The van der Waals surface area contributed by atoms with Crippen molar-refractivity contribution in [1.29, 1.82) is 0 Å². The molecule has 0 spiro atoms. The van der Waals surface area contributed by atoms with Crippen LogP contribution in [0.1, 0.15) is 32.1 Å². The van der Waals surface area contributed by atoms with Crippen molar-refractivity contribution in [2.24, 2.45) is 0 Å². The zero-order valence-corrected chi connectivity index (χ0v) is 23.7. The zero-order valence-electron chi connectivity index (χ0n) is 22.2. The van der Waals surface area contributed by atoms with E-state index in [-0.39, 0.29) is 31.3 Å². The van der Waals surface area contributed by atoms with E-state index in [1.807, 2.05) is 0 Å². The van der Waals surface area contributed by atoms with Gasteiger partial charge in [0.1, 0.15) is 23.9 Å². The fourth-order valence-electron chi connectivity index (χ4n) is 3.77. The normalized spacial score (nSPS) is 12.5. The number of carbonyl (C=O) groups is 3. The number of nitrogens with one attached hydrogen (secondary N) is 1. The van der Waals surface area contributed by atoms with Gasteiger partial charge in [-0.15, -0.1) is 0 Å². The highest BCUT2D eigenvalue weighted by atomic mass is 35.5. The lowest BCUT2D eigenvalue weighted by molar-refractivity contribution is -0.156. The van der Waals surface area contributed by atoms with Gasteiger partial charge in [-0.25, -0.2) is 18.4 Å². The van der Waals surface area contributed by atoms with Crippen LogP contribution in [0.25, 0.3) is 0 Å². The van der Waals surface area contributed by atoms with Crippen molar-refractivity contribution in [3.63, 3.8) is 0 Å². The second kappa shape index (κ2) is 15.6. The van der Waals surface area contributed by atoms with Gasteiger partial charge in [-0.05, 0) is 30.2 Å². The molecule has 0 fully saturated rings. The van der Waals surface area contributed by atoms with Crippen molar-refractivity contribution in [2.45, 2.75) is 25.1 Å². The summed E-state index contributed by atoms with van der Waals surface area (Å²) in [6.07, 6.45) is -2.00. The third kappa shape index (κ3) is 8.94. The van der Waals surface area contributed by atoms with Gasteiger partial charge in [0.2, 0.25) is 0 Å². The van der Waals surface area contributed by atoms with Gasteiger partial charge < -0.3 is 29.7 Å². The molecule has 0 unspecified atom stereocenters. The van der Waals surface area contributed by atoms with Crippen molar-refractivity contribution in [2.75, 3.05) is 33.5 Å². The van der Waals surface area contributed by atoms with Crippen LogP contribution in [0.4, 0.5) is 8.78 Å². The van der Waals surface area contributed by atoms with Gasteiger partial charge in [-0.2, -0.15) is 5.10 Å². The van der Waals surface area contributed by atoms with Crippen LogP contribution in [0.5, 0.6) is 0 Å². The highest BCUT2D eigenvalue weighted by molar-refractivity contribution is 6.31. The van der Waals surface area contributed by atoms with Gasteiger partial charge in [0.15, 0.2) is 11.8 Å². The molecule has 0 aliphatic rings. The molecule has 42 heavy (non-hydrogen) atoms. The minimum Gasteiger partial charge on any atom is -0.477 e. The predicted molar refractivity (Wildman–Crippen MR) is 146 cm³/mol. The predicted octanol–water partition coefficient (Wildman–Crippen LogP) is 3.12. The summed E-state index contributed by atoms with van der Waals surface area (Å²) in [6.45, 7) is -0.214. The molecule has 1 heterocycles. The minimum absolute atomic E-state index is 0.0353. The van der Waals surface area contributed by atoms with Gasteiger partial charge in [0.05, 0.1) is 32.4 Å². The number of aromatic nitrogens is 2. The summed E-state index contributed by atoms with van der Waals surface area (Å²) in [4.78, 5) is 37.6. The Balaban J connectivity index is 1.82. The molecule has 11 nitrogen and oxygen atoms in total. The lowest BCUT2D eigenvalue weighted by Gasteiger charge is -2.23. The number of carboxylic acid groups (broad SMARTS) is 1. The largest absolute Gasteiger partial charge is 0.477 e. The Morgan fingerprint density at radius 2 is 1.71 bits per heavy atom. The van der Waals surface area contributed by atoms with Crippen LogP contribution in [0, 0.1) is 11.6 Å². The monoisotopic (exact) mass is 629 g/mol. The lowest BCUT2D eigenvalue weighted by atomic mass is 10.0. The van der Waals surface area contributed by atoms with Crippen molar-refractivity contribution < 1.29 is 47.6 Å². The van der Waals surface area contributed by atoms with Gasteiger partial charge >= 0.3 is 11.9 Å². The van der Waals surface area contributed by atoms with Gasteiger partial charge in [-0.1, -0.05) is 41.4 Å². The molecule has 3 rings (SSSR count). The third-order valence-corrected chi connectivity index (χ3v) is 6.47. The first-order valence-electron chi connectivity index (χ1n) is 12.4. The summed E-state index contributed by atoms with van der Waals surface area (Å²) in [5.74, 6) is -5.65. The van der Waals surface area contributed by atoms with E-state index in [9.17, 15) is 33.4 Å². The number of carbonyl (C=O) groups excluding carboxylic acids is 2. The van der Waals surface area contributed by atoms with E-state index in [2.05, 4.69) is 10.4 Å². The maximum atomic E-state index is 14.3. The Kier molecular flexibility index (Phi) is 12.2. The molecule has 0 saturated heterocycles. The Bertz CT molecular complexity index is 1400. The average molecular weight is 630 g/mol. The number of nitrogens with zero attached hydrogens (tertiary/aromatic N) is 2. The maximum Gasteiger partial charge on any atom is 0.354 e. The zero-order chi connectivity index (χ0) is 30.8. The molecule has 0 saturated carbocycles. The molecule has 0 bridgehead atoms. The fourth-order valence-corrected chi connectivity index (χ4v) is 4.18. The molecule has 15 heteroatoms. The number of rotatable bonds is 15. The van der Waals surface area contributed by atoms with Crippen LogP contribution in [0.2, 0.25) is 10.0 Å². The molecule has 2 aromatic carbocycles. The summed E-state index contributed by atoms with van der Waals surface area (Å²) in [5, 5.41) is 26.8. The number of halogens is 4. The molecular weight excluding hydrogens is 603 g/mol. The topological polar surface area (TPSA) is 149 Å². The number of benzene rings is 2. The van der Waals surface area contributed by atoms with Gasteiger partial charge in [0, 0.05) is 28.8 Å². The lowest BCUT2D eigenvalue weighted by Crippen LogP contribution is -2.49. The van der Waals surface area contributed by atoms with E-state index in [0.29, 0.717) is 17.2 Å². The second-order valence-electron chi connectivity index (χ2n) is 8.82. The van der Waals surface area contributed by atoms with E-state index in [1.165, 1.54) is 7.11 Å². The van der Waals surface area contributed by atoms with Crippen LogP contribution < -0.4 is 5.32 Å². The first-order valence-corrected chi connectivity index (χ1v) is 13.2. The quantitative estimate of drug-likeness (QED) is 0.170. The number of ether oxygens (including phenoxy) is 3. The molecule has 0 aliphatic heterocycles. The smallest absolute Gasteiger partial charge is 0.354 e. The molecule has 3 N–H and O–H groups in total. The summed E-state index contributed by atoms with van der Waals surface area (Å²) in [6, 6.07) is 7.81. The van der Waals surface area contributed by atoms with Crippen molar-refractivity contribution in [3.8, 4) is 0 Å². The van der Waals surface area contributed by atoms with Crippen LogP contribution in [-0.2, 0) is 32.0 Å². The maximum absolute atomic E-state index is 14.3. The van der Waals surface area contributed by atoms with E-state index in [0.717, 1.165) is 22.9 Å². The Hall–Kier alpha value is -3.62. The summed E-state index contributed by atoms with van der Waals surface area (Å²) < 4.78 is 44.5. The molecule has 226 valence electrons. The SMILES string of the molecule is COCCOCCOC(=O)[C@H](O)[C@@H](Cc1ccccc1Cl)NC(=O)c1cc(C(=O)O)n(Cc2c(F)cc(Cl)cc2F)n1. The Morgan fingerprint density at radius 3 is 2.36 bits per heavy atom. The van der Waals surface area contributed by atoms with Crippen molar-refractivity contribution >= 4 is 41.0 Å². The van der Waals surface area contributed by atoms with E-state index in [4.69, 9.17) is 37.4 Å². The molecule has 0 aliphatic carbocycles. The average Bonchev–Trinajstić information content (AvgIpc) is 3.37. The summed E-state index contributed by atoms with van der Waals surface area (Å²) >= 11 is 11.9. The number of carboxylic acids is 1. The minimum atomic E-state index is -1.87. The highest BCUT2D eigenvalue weighted by Gasteiger charge is 2.31. The first-order chi connectivity index (χ1) is 20.0. The fraction of sp³-hybridized carbons (Fsp3) is 0.333. The standard InChI is InChI=1S/C27H27Cl2F2N3O8/c1-40-6-7-41-8-9-42-27(39)24(35)21(10-15-4-2-3-5-18(15)29)32-25(36)22-13-23(26(37)38)34(33-22)14-17-19(30)11-16(28)12-20(17)31/h2-5,11-13,21,24,35H,6-10,14H2,1H3,(H,32,36)(H,37,38)/t21-,24-/m1/s1. The number of aliphatic hydroxyl groups is 1. The third-order valence-electron chi connectivity index (χ3n) is 5.89. The number of amides is 1. The van der Waals surface area contributed by atoms with Crippen LogP contribution >= 0.6 is 23.2 Å². The Morgan fingerprint density at radius 1 is 1.05 bits per heavy atom. The van der Waals surface area contributed by atoms with Crippen molar-refractivity contribution in [3.05, 3.63) is 86.7 Å². The molecular formula is C27H27Cl2F2N3O8. The van der Waals surface area contributed by atoms with Crippen LogP contribution in [0.15, 0.2) is 42.5 Å². The molecule has 1 aromatic heterocycles. The summed E-state index contributed by atoms with van der Waals surface area (Å²) in [7, 11) is 1.50. The first kappa shape index (κ1) is 32.9. The van der Waals surface area contributed by atoms with Crippen LogP contribution in [0.3, 0.4) is 0 Å².